The van der Waals surface area contributed by atoms with Crippen molar-refractivity contribution in [2.45, 2.75) is 25.6 Å². The van der Waals surface area contributed by atoms with E-state index in [1.54, 1.807) is 0 Å². The Labute approximate surface area is 166 Å². The highest BCUT2D eigenvalue weighted by molar-refractivity contribution is 6.30. The molecule has 2 aliphatic heterocycles. The highest BCUT2D eigenvalue weighted by Gasteiger charge is 2.33. The van der Waals surface area contributed by atoms with Crippen molar-refractivity contribution in [3.8, 4) is 0 Å². The molecule has 3 rings (SSSR count). The molecule has 0 unspecified atom stereocenters. The van der Waals surface area contributed by atoms with Gasteiger partial charge in [-0.05, 0) is 24.6 Å². The number of nitrogens with one attached hydrogen (secondary N) is 1. The predicted octanol–water partition coefficient (Wildman–Crippen LogP) is 2.20. The number of halogens is 3. The van der Waals surface area contributed by atoms with Crippen molar-refractivity contribution < 1.29 is 9.53 Å². The normalized spacial score (nSPS) is 24.2. The molecule has 25 heavy (non-hydrogen) atoms. The SMILES string of the molecule is C[C@H]1OCCN[C@@H]1C(=O)N1CCN(Cc2cccc(Cl)c2)CC1.Cl.Cl. The quantitative estimate of drug-likeness (QED) is 0.830. The molecular weight excluding hydrogens is 385 g/mol. The molecule has 0 saturated carbocycles. The van der Waals surface area contributed by atoms with E-state index in [0.717, 1.165) is 44.3 Å². The Hall–Kier alpha value is -0.560. The first-order chi connectivity index (χ1) is 11.1. The smallest absolute Gasteiger partial charge is 0.242 e. The van der Waals surface area contributed by atoms with Gasteiger partial charge >= 0.3 is 0 Å². The molecule has 2 aliphatic rings. The maximum atomic E-state index is 12.6. The summed E-state index contributed by atoms with van der Waals surface area (Å²) in [6, 6.07) is 7.76. The van der Waals surface area contributed by atoms with E-state index in [1.807, 2.05) is 30.0 Å². The first-order valence-electron chi connectivity index (χ1n) is 8.24. The Morgan fingerprint density at radius 3 is 2.64 bits per heavy atom. The summed E-state index contributed by atoms with van der Waals surface area (Å²) in [5.74, 6) is 0.166. The van der Waals surface area contributed by atoms with Gasteiger partial charge in [-0.1, -0.05) is 23.7 Å². The molecule has 2 fully saturated rings. The zero-order valence-corrected chi connectivity index (χ0v) is 16.7. The van der Waals surface area contributed by atoms with E-state index in [2.05, 4.69) is 16.3 Å². The van der Waals surface area contributed by atoms with Gasteiger partial charge in [-0.3, -0.25) is 9.69 Å². The van der Waals surface area contributed by atoms with Crippen LogP contribution in [0.4, 0.5) is 0 Å². The Bertz CT molecular complexity index is 554. The van der Waals surface area contributed by atoms with Gasteiger partial charge in [0.15, 0.2) is 0 Å². The molecule has 8 heteroatoms. The average molecular weight is 411 g/mol. The predicted molar refractivity (Wildman–Crippen MR) is 105 cm³/mol. The van der Waals surface area contributed by atoms with Gasteiger partial charge in [0.05, 0.1) is 12.7 Å². The molecular formula is C17H26Cl3N3O2. The number of carbonyl (C=O) groups is 1. The lowest BCUT2D eigenvalue weighted by Gasteiger charge is -2.38. The third-order valence-electron chi connectivity index (χ3n) is 4.56. The molecule has 142 valence electrons. The largest absolute Gasteiger partial charge is 0.375 e. The van der Waals surface area contributed by atoms with Gasteiger partial charge in [0.1, 0.15) is 6.04 Å². The minimum absolute atomic E-state index is 0. The van der Waals surface area contributed by atoms with Crippen LogP contribution < -0.4 is 5.32 Å². The van der Waals surface area contributed by atoms with E-state index in [1.165, 1.54) is 5.56 Å². The van der Waals surface area contributed by atoms with Crippen LogP contribution in [0.25, 0.3) is 0 Å². The zero-order valence-electron chi connectivity index (χ0n) is 14.3. The van der Waals surface area contributed by atoms with E-state index in [4.69, 9.17) is 16.3 Å². The van der Waals surface area contributed by atoms with E-state index in [0.29, 0.717) is 6.61 Å². The summed E-state index contributed by atoms with van der Waals surface area (Å²) in [5.41, 5.74) is 1.22. The molecule has 2 atom stereocenters. The van der Waals surface area contributed by atoms with Crippen LogP contribution in [0.1, 0.15) is 12.5 Å². The maximum Gasteiger partial charge on any atom is 0.242 e. The number of rotatable bonds is 3. The number of hydrogen-bond donors (Lipinski definition) is 1. The van der Waals surface area contributed by atoms with Crippen molar-refractivity contribution in [1.82, 2.24) is 15.1 Å². The van der Waals surface area contributed by atoms with Crippen molar-refractivity contribution in [3.05, 3.63) is 34.9 Å². The fourth-order valence-corrected chi connectivity index (χ4v) is 3.44. The number of piperazine rings is 1. The molecule has 0 aliphatic carbocycles. The number of benzene rings is 1. The highest BCUT2D eigenvalue weighted by atomic mass is 35.5. The van der Waals surface area contributed by atoms with Crippen molar-refractivity contribution in [3.63, 3.8) is 0 Å². The van der Waals surface area contributed by atoms with Crippen LogP contribution in [-0.4, -0.2) is 67.2 Å². The van der Waals surface area contributed by atoms with Gasteiger partial charge in [0.25, 0.3) is 0 Å². The topological polar surface area (TPSA) is 44.8 Å². The summed E-state index contributed by atoms with van der Waals surface area (Å²) in [6.07, 6.45) is -0.0549. The molecule has 2 heterocycles. The molecule has 0 radical (unpaired) electrons. The van der Waals surface area contributed by atoms with Gasteiger partial charge in [-0.25, -0.2) is 0 Å². The molecule has 0 spiro atoms. The maximum absolute atomic E-state index is 12.6. The van der Waals surface area contributed by atoms with Crippen LogP contribution in [-0.2, 0) is 16.1 Å². The van der Waals surface area contributed by atoms with E-state index in [9.17, 15) is 4.79 Å². The van der Waals surface area contributed by atoms with Gasteiger partial charge < -0.3 is 15.0 Å². The summed E-state index contributed by atoms with van der Waals surface area (Å²) in [5, 5.41) is 4.05. The molecule has 0 bridgehead atoms. The van der Waals surface area contributed by atoms with Crippen LogP contribution in [0.15, 0.2) is 24.3 Å². The van der Waals surface area contributed by atoms with E-state index < -0.39 is 0 Å². The summed E-state index contributed by atoms with van der Waals surface area (Å²) >= 11 is 6.04. The first-order valence-corrected chi connectivity index (χ1v) is 8.62. The van der Waals surface area contributed by atoms with Crippen molar-refractivity contribution >= 4 is 42.3 Å². The van der Waals surface area contributed by atoms with Crippen LogP contribution in [0, 0.1) is 0 Å². The molecule has 5 nitrogen and oxygen atoms in total. The number of nitrogens with zero attached hydrogens (tertiary/aromatic N) is 2. The molecule has 1 amide bonds. The van der Waals surface area contributed by atoms with E-state index in [-0.39, 0.29) is 42.9 Å². The summed E-state index contributed by atoms with van der Waals surface area (Å²) in [4.78, 5) is 16.9. The third-order valence-corrected chi connectivity index (χ3v) is 4.80. The Morgan fingerprint density at radius 2 is 2.00 bits per heavy atom. The van der Waals surface area contributed by atoms with Gasteiger partial charge in [0, 0.05) is 44.3 Å². The minimum Gasteiger partial charge on any atom is -0.375 e. The van der Waals surface area contributed by atoms with Crippen LogP contribution >= 0.6 is 36.4 Å². The number of ether oxygens (including phenoxy) is 1. The first kappa shape index (κ1) is 22.5. The van der Waals surface area contributed by atoms with Crippen molar-refractivity contribution in [1.29, 1.82) is 0 Å². The summed E-state index contributed by atoms with van der Waals surface area (Å²) in [6.45, 7) is 7.58. The second-order valence-corrected chi connectivity index (χ2v) is 6.68. The lowest BCUT2D eigenvalue weighted by Crippen LogP contribution is -2.59. The molecule has 1 N–H and O–H groups in total. The fourth-order valence-electron chi connectivity index (χ4n) is 3.23. The third kappa shape index (κ3) is 5.98. The number of morpholine rings is 1. The summed E-state index contributed by atoms with van der Waals surface area (Å²) in [7, 11) is 0. The second kappa shape index (κ2) is 10.6. The lowest BCUT2D eigenvalue weighted by atomic mass is 10.1. The standard InChI is InChI=1S/C17H24ClN3O2.2ClH/c1-13-16(19-5-10-23-13)17(22)21-8-6-20(7-9-21)12-14-3-2-4-15(18)11-14;;/h2-4,11,13,16,19H,5-10,12H2,1H3;2*1H/t13-,16+;;/m1../s1. The molecule has 0 aromatic heterocycles. The highest BCUT2D eigenvalue weighted by Crippen LogP contribution is 2.15. The van der Waals surface area contributed by atoms with Crippen molar-refractivity contribution in [2.24, 2.45) is 0 Å². The fraction of sp³-hybridized carbons (Fsp3) is 0.588. The molecule has 1 aromatic carbocycles. The average Bonchev–Trinajstić information content (AvgIpc) is 2.55. The molecule has 1 aromatic rings. The van der Waals surface area contributed by atoms with Crippen LogP contribution in [0.2, 0.25) is 5.02 Å². The van der Waals surface area contributed by atoms with Gasteiger partial charge in [-0.15, -0.1) is 24.8 Å². The number of hydrogen-bond acceptors (Lipinski definition) is 4. The number of carbonyl (C=O) groups excluding carboxylic acids is 1. The Balaban J connectivity index is 0.00000156. The number of amides is 1. The Kier molecular flexibility index (Phi) is 9.49. The van der Waals surface area contributed by atoms with E-state index >= 15 is 0 Å². The molecule has 2 saturated heterocycles. The monoisotopic (exact) mass is 409 g/mol. The van der Waals surface area contributed by atoms with Gasteiger partial charge in [0.2, 0.25) is 5.91 Å². The van der Waals surface area contributed by atoms with Crippen LogP contribution in [0.3, 0.4) is 0 Å². The Morgan fingerprint density at radius 1 is 1.28 bits per heavy atom. The van der Waals surface area contributed by atoms with Crippen molar-refractivity contribution in [2.75, 3.05) is 39.3 Å². The zero-order chi connectivity index (χ0) is 16.2. The summed E-state index contributed by atoms with van der Waals surface area (Å²) < 4.78 is 5.58. The lowest BCUT2D eigenvalue weighted by molar-refractivity contribution is -0.141. The minimum atomic E-state index is -0.205. The van der Waals surface area contributed by atoms with Crippen LogP contribution in [0.5, 0.6) is 0 Å². The van der Waals surface area contributed by atoms with Gasteiger partial charge in [-0.2, -0.15) is 0 Å². The second-order valence-electron chi connectivity index (χ2n) is 6.24.